The van der Waals surface area contributed by atoms with Crippen LogP contribution in [0.1, 0.15) is 11.6 Å². The van der Waals surface area contributed by atoms with Gasteiger partial charge >= 0.3 is 6.18 Å². The highest BCUT2D eigenvalue weighted by molar-refractivity contribution is 9.11. The minimum atomic E-state index is -4.53. The molecule has 0 aliphatic heterocycles. The Balaban J connectivity index is 3.31. The largest absolute Gasteiger partial charge is 0.452 e. The van der Waals surface area contributed by atoms with E-state index in [0.29, 0.717) is 0 Å². The second-order valence-electron chi connectivity index (χ2n) is 2.23. The fraction of sp³-hybridized carbons (Fsp3) is 0.143. The third kappa shape index (κ3) is 2.03. The summed E-state index contributed by atoms with van der Waals surface area (Å²) in [7, 11) is 0. The van der Waals surface area contributed by atoms with E-state index in [2.05, 4.69) is 32.7 Å². The summed E-state index contributed by atoms with van der Waals surface area (Å²) in [6, 6.07) is 0. The number of halogens is 4. The van der Waals surface area contributed by atoms with Crippen LogP contribution in [0.15, 0.2) is 11.6 Å². The van der Waals surface area contributed by atoms with Gasteiger partial charge in [0.1, 0.15) is 0 Å². The lowest BCUT2D eigenvalue weighted by Crippen LogP contribution is -2.12. The Bertz CT molecular complexity index is 367. The van der Waals surface area contributed by atoms with E-state index in [1.54, 1.807) is 0 Å². The Labute approximate surface area is 86.1 Å². The number of aromatic nitrogens is 3. The van der Waals surface area contributed by atoms with Gasteiger partial charge in [0.05, 0.1) is 0 Å². The molecule has 0 amide bonds. The Hall–Kier alpha value is -1.11. The molecule has 0 saturated heterocycles. The van der Waals surface area contributed by atoms with Crippen molar-refractivity contribution >= 4 is 28.2 Å². The summed E-state index contributed by atoms with van der Waals surface area (Å²) < 4.78 is 37.7. The SMILES string of the molecule is C=Cc1nnc(C(F)(F)F)n1/C=C/Br. The smallest absolute Gasteiger partial charge is 0.278 e. The summed E-state index contributed by atoms with van der Waals surface area (Å²) in [6.45, 7) is 3.33. The molecule has 1 aromatic rings. The highest BCUT2D eigenvalue weighted by Crippen LogP contribution is 2.28. The molecular weight excluding hydrogens is 263 g/mol. The number of hydrogen-bond acceptors (Lipinski definition) is 2. The van der Waals surface area contributed by atoms with Crippen molar-refractivity contribution in [3.63, 3.8) is 0 Å². The minimum absolute atomic E-state index is 0.0352. The van der Waals surface area contributed by atoms with Crippen molar-refractivity contribution in [1.29, 1.82) is 0 Å². The molecule has 3 nitrogen and oxygen atoms in total. The van der Waals surface area contributed by atoms with Gasteiger partial charge in [0, 0.05) is 6.20 Å². The van der Waals surface area contributed by atoms with Gasteiger partial charge in [0.2, 0.25) is 5.82 Å². The van der Waals surface area contributed by atoms with Crippen molar-refractivity contribution in [2.45, 2.75) is 6.18 Å². The summed E-state index contributed by atoms with van der Waals surface area (Å²) in [4.78, 5) is 1.28. The maximum absolute atomic E-state index is 12.3. The Morgan fingerprint density at radius 2 is 2.00 bits per heavy atom. The van der Waals surface area contributed by atoms with E-state index < -0.39 is 12.0 Å². The van der Waals surface area contributed by atoms with Crippen molar-refractivity contribution in [1.82, 2.24) is 14.8 Å². The molecule has 0 bridgehead atoms. The number of nitrogens with zero attached hydrogens (tertiary/aromatic N) is 3. The van der Waals surface area contributed by atoms with Gasteiger partial charge in [-0.25, -0.2) is 0 Å². The Morgan fingerprint density at radius 1 is 1.36 bits per heavy atom. The predicted molar refractivity (Wildman–Crippen MR) is 49.4 cm³/mol. The van der Waals surface area contributed by atoms with Gasteiger partial charge < -0.3 is 0 Å². The lowest BCUT2D eigenvalue weighted by molar-refractivity contribution is -0.146. The zero-order chi connectivity index (χ0) is 10.8. The Morgan fingerprint density at radius 3 is 2.43 bits per heavy atom. The van der Waals surface area contributed by atoms with Crippen LogP contribution in [0.25, 0.3) is 12.3 Å². The van der Waals surface area contributed by atoms with Crippen LogP contribution >= 0.6 is 15.9 Å². The first-order valence-electron chi connectivity index (χ1n) is 3.42. The second kappa shape index (κ2) is 3.95. The van der Waals surface area contributed by atoms with Crippen LogP contribution in [0.5, 0.6) is 0 Å². The average Bonchev–Trinajstić information content (AvgIpc) is 2.47. The number of hydrogen-bond donors (Lipinski definition) is 0. The van der Waals surface area contributed by atoms with Crippen LogP contribution in [-0.2, 0) is 6.18 Å². The quantitative estimate of drug-likeness (QED) is 0.825. The zero-order valence-electron chi connectivity index (χ0n) is 6.79. The van der Waals surface area contributed by atoms with Crippen molar-refractivity contribution in [2.75, 3.05) is 0 Å². The molecule has 0 aromatic carbocycles. The summed E-state index contributed by atoms with van der Waals surface area (Å²) >= 11 is 2.88. The first-order valence-corrected chi connectivity index (χ1v) is 4.33. The first-order chi connectivity index (χ1) is 6.50. The molecular formula is C7H5BrF3N3. The number of alkyl halides is 3. The monoisotopic (exact) mass is 267 g/mol. The lowest BCUT2D eigenvalue weighted by Gasteiger charge is -2.05. The Kier molecular flexibility index (Phi) is 3.10. The van der Waals surface area contributed by atoms with Crippen molar-refractivity contribution in [3.8, 4) is 0 Å². The van der Waals surface area contributed by atoms with E-state index in [0.717, 1.165) is 10.8 Å². The van der Waals surface area contributed by atoms with Crippen LogP contribution in [0.3, 0.4) is 0 Å². The van der Waals surface area contributed by atoms with Gasteiger partial charge in [-0.2, -0.15) is 13.2 Å². The molecule has 0 aliphatic carbocycles. The summed E-state index contributed by atoms with van der Waals surface area (Å²) in [6.07, 6.45) is -2.18. The molecule has 1 aromatic heterocycles. The molecule has 1 heterocycles. The molecule has 0 fully saturated rings. The predicted octanol–water partition coefficient (Wildman–Crippen LogP) is 2.76. The van der Waals surface area contributed by atoms with E-state index in [4.69, 9.17) is 0 Å². The normalized spacial score (nSPS) is 12.3. The molecule has 14 heavy (non-hydrogen) atoms. The second-order valence-corrected chi connectivity index (χ2v) is 2.76. The van der Waals surface area contributed by atoms with Gasteiger partial charge in [0.25, 0.3) is 0 Å². The molecule has 0 N–H and O–H groups in total. The topological polar surface area (TPSA) is 30.7 Å². The van der Waals surface area contributed by atoms with E-state index in [-0.39, 0.29) is 5.82 Å². The van der Waals surface area contributed by atoms with Crippen molar-refractivity contribution in [2.24, 2.45) is 0 Å². The average molecular weight is 268 g/mol. The highest BCUT2D eigenvalue weighted by atomic mass is 79.9. The van der Waals surface area contributed by atoms with E-state index in [1.807, 2.05) is 0 Å². The van der Waals surface area contributed by atoms with Gasteiger partial charge in [-0.1, -0.05) is 22.5 Å². The van der Waals surface area contributed by atoms with E-state index >= 15 is 0 Å². The lowest BCUT2D eigenvalue weighted by atomic mass is 10.5. The molecule has 0 radical (unpaired) electrons. The molecule has 0 atom stereocenters. The van der Waals surface area contributed by atoms with Gasteiger partial charge in [0.15, 0.2) is 5.82 Å². The molecule has 7 heteroatoms. The van der Waals surface area contributed by atoms with Crippen molar-refractivity contribution in [3.05, 3.63) is 23.2 Å². The van der Waals surface area contributed by atoms with E-state index in [1.165, 1.54) is 11.1 Å². The fourth-order valence-corrected chi connectivity index (χ4v) is 1.08. The first kappa shape index (κ1) is 11.0. The van der Waals surface area contributed by atoms with Crippen LogP contribution in [0, 0.1) is 0 Å². The van der Waals surface area contributed by atoms with Gasteiger partial charge in [-0.3, -0.25) is 4.57 Å². The third-order valence-electron chi connectivity index (χ3n) is 1.36. The van der Waals surface area contributed by atoms with Crippen LogP contribution < -0.4 is 0 Å². The van der Waals surface area contributed by atoms with Crippen LogP contribution in [0.4, 0.5) is 13.2 Å². The highest BCUT2D eigenvalue weighted by Gasteiger charge is 2.37. The summed E-state index contributed by atoms with van der Waals surface area (Å²) in [5.74, 6) is -1.05. The summed E-state index contributed by atoms with van der Waals surface area (Å²) in [5, 5.41) is 6.34. The maximum Gasteiger partial charge on any atom is 0.452 e. The summed E-state index contributed by atoms with van der Waals surface area (Å²) in [5.41, 5.74) is 0. The number of rotatable bonds is 2. The standard InChI is InChI=1S/C7H5BrF3N3/c1-2-5-12-13-6(7(9,10)11)14(5)4-3-8/h2-4H,1H2/b4-3+. The zero-order valence-corrected chi connectivity index (χ0v) is 8.38. The van der Waals surface area contributed by atoms with Crippen LogP contribution in [-0.4, -0.2) is 14.8 Å². The molecule has 0 saturated carbocycles. The van der Waals surface area contributed by atoms with Crippen molar-refractivity contribution < 1.29 is 13.2 Å². The molecule has 0 aliphatic rings. The molecule has 76 valence electrons. The van der Waals surface area contributed by atoms with Gasteiger partial charge in [-0.05, 0) is 11.1 Å². The minimum Gasteiger partial charge on any atom is -0.278 e. The van der Waals surface area contributed by atoms with E-state index in [9.17, 15) is 13.2 Å². The maximum atomic E-state index is 12.3. The fourth-order valence-electron chi connectivity index (χ4n) is 0.839. The van der Waals surface area contributed by atoms with Crippen LogP contribution in [0.2, 0.25) is 0 Å². The van der Waals surface area contributed by atoms with Gasteiger partial charge in [-0.15, -0.1) is 10.2 Å². The molecule has 0 unspecified atom stereocenters. The molecule has 0 spiro atoms. The molecule has 1 rings (SSSR count). The third-order valence-corrected chi connectivity index (χ3v) is 1.60.